The molecule has 0 amide bonds. The minimum Gasteiger partial charge on any atom is -0.309 e. The molecule has 1 aromatic heterocycles. The smallest absolute Gasteiger partial charge is 0.0388 e. The lowest BCUT2D eigenvalue weighted by Gasteiger charge is -2.30. The van der Waals surface area contributed by atoms with Crippen molar-refractivity contribution >= 4 is 11.3 Å². The van der Waals surface area contributed by atoms with Gasteiger partial charge in [-0.25, -0.2) is 0 Å². The van der Waals surface area contributed by atoms with E-state index >= 15 is 0 Å². The molecule has 1 aromatic rings. The van der Waals surface area contributed by atoms with E-state index in [0.29, 0.717) is 6.04 Å². The first-order valence-corrected chi connectivity index (χ1v) is 8.54. The molecule has 1 fully saturated rings. The number of aryl methyl sites for hydroxylation is 1. The number of rotatable bonds is 6. The lowest BCUT2D eigenvalue weighted by molar-refractivity contribution is 0.190. The molecule has 0 radical (unpaired) electrons. The Balaban J connectivity index is 1.60. The molecule has 0 aromatic carbocycles. The van der Waals surface area contributed by atoms with Crippen molar-refractivity contribution in [2.45, 2.75) is 46.1 Å². The summed E-state index contributed by atoms with van der Waals surface area (Å²) < 4.78 is 0. The van der Waals surface area contributed by atoms with Gasteiger partial charge in [0.2, 0.25) is 0 Å². The highest BCUT2D eigenvalue weighted by molar-refractivity contribution is 7.10. The Kier molecular flexibility index (Phi) is 5.86. The van der Waals surface area contributed by atoms with Crippen molar-refractivity contribution in [1.29, 1.82) is 0 Å². The highest BCUT2D eigenvalue weighted by Gasteiger charge is 2.15. The second kappa shape index (κ2) is 7.41. The number of thiophene rings is 1. The van der Waals surface area contributed by atoms with Gasteiger partial charge in [0.25, 0.3) is 0 Å². The van der Waals surface area contributed by atoms with Gasteiger partial charge in [-0.2, -0.15) is 0 Å². The van der Waals surface area contributed by atoms with Crippen LogP contribution >= 0.6 is 11.3 Å². The van der Waals surface area contributed by atoms with E-state index in [9.17, 15) is 0 Å². The Bertz CT molecular complexity index is 367. The van der Waals surface area contributed by atoms with E-state index < -0.39 is 0 Å². The summed E-state index contributed by atoms with van der Waals surface area (Å²) in [6, 6.07) is 2.72. The molecule has 0 spiro atoms. The van der Waals surface area contributed by atoms with Crippen molar-refractivity contribution in [2.24, 2.45) is 5.92 Å². The van der Waals surface area contributed by atoms with E-state index in [1.807, 2.05) is 11.3 Å². The highest BCUT2D eigenvalue weighted by atomic mass is 32.1. The SMILES string of the molecule is Cc1ccsc1C(C)NCCCN1CCC(C)CC1. The fourth-order valence-corrected chi connectivity index (χ4v) is 3.79. The van der Waals surface area contributed by atoms with Gasteiger partial charge in [-0.15, -0.1) is 11.3 Å². The lowest BCUT2D eigenvalue weighted by atomic mass is 9.99. The Morgan fingerprint density at radius 2 is 2.16 bits per heavy atom. The van der Waals surface area contributed by atoms with Crippen LogP contribution in [0, 0.1) is 12.8 Å². The van der Waals surface area contributed by atoms with E-state index in [2.05, 4.69) is 42.4 Å². The van der Waals surface area contributed by atoms with Gasteiger partial charge in [0.1, 0.15) is 0 Å². The maximum atomic E-state index is 3.66. The largest absolute Gasteiger partial charge is 0.309 e. The number of hydrogen-bond donors (Lipinski definition) is 1. The van der Waals surface area contributed by atoms with E-state index in [1.165, 1.54) is 49.3 Å². The second-order valence-corrected chi connectivity index (χ2v) is 6.97. The van der Waals surface area contributed by atoms with Crippen LogP contribution in [0.4, 0.5) is 0 Å². The Morgan fingerprint density at radius 3 is 2.79 bits per heavy atom. The van der Waals surface area contributed by atoms with Crippen LogP contribution in [-0.2, 0) is 0 Å². The van der Waals surface area contributed by atoms with Crippen LogP contribution in [0.5, 0.6) is 0 Å². The fourth-order valence-electron chi connectivity index (χ4n) is 2.83. The number of piperidine rings is 1. The van der Waals surface area contributed by atoms with Crippen molar-refractivity contribution in [1.82, 2.24) is 10.2 Å². The summed E-state index contributed by atoms with van der Waals surface area (Å²) in [5, 5.41) is 5.85. The summed E-state index contributed by atoms with van der Waals surface area (Å²) >= 11 is 1.87. The molecule has 1 N–H and O–H groups in total. The monoisotopic (exact) mass is 280 g/mol. The van der Waals surface area contributed by atoms with Gasteiger partial charge in [-0.05, 0) is 82.2 Å². The van der Waals surface area contributed by atoms with E-state index in [-0.39, 0.29) is 0 Å². The Hall–Kier alpha value is -0.380. The first kappa shape index (κ1) is 15.0. The number of nitrogens with zero attached hydrogens (tertiary/aromatic N) is 1. The summed E-state index contributed by atoms with van der Waals surface area (Å²) in [5.74, 6) is 0.941. The second-order valence-electron chi connectivity index (χ2n) is 6.02. The molecule has 1 saturated heterocycles. The Labute approximate surface area is 122 Å². The molecule has 1 unspecified atom stereocenters. The summed E-state index contributed by atoms with van der Waals surface area (Å²) in [5.41, 5.74) is 1.43. The van der Waals surface area contributed by atoms with E-state index in [0.717, 1.165) is 12.5 Å². The predicted molar refractivity (Wildman–Crippen MR) is 84.9 cm³/mol. The molecule has 0 aliphatic carbocycles. The molecule has 2 nitrogen and oxygen atoms in total. The molecular formula is C16H28N2S. The molecule has 1 aliphatic rings. The van der Waals surface area contributed by atoms with Gasteiger partial charge in [0.15, 0.2) is 0 Å². The van der Waals surface area contributed by atoms with Gasteiger partial charge in [0, 0.05) is 10.9 Å². The van der Waals surface area contributed by atoms with Gasteiger partial charge >= 0.3 is 0 Å². The zero-order valence-corrected chi connectivity index (χ0v) is 13.4. The standard InChI is InChI=1S/C16H28N2S/c1-13-5-10-18(11-6-13)9-4-8-17-15(3)16-14(2)7-12-19-16/h7,12-13,15,17H,4-6,8-11H2,1-3H3. The molecular weight excluding hydrogens is 252 g/mol. The zero-order valence-electron chi connectivity index (χ0n) is 12.6. The van der Waals surface area contributed by atoms with Crippen LogP contribution in [0.15, 0.2) is 11.4 Å². The van der Waals surface area contributed by atoms with Crippen molar-refractivity contribution in [3.05, 3.63) is 21.9 Å². The average molecular weight is 280 g/mol. The fraction of sp³-hybridized carbons (Fsp3) is 0.750. The van der Waals surface area contributed by atoms with Gasteiger partial charge in [0.05, 0.1) is 0 Å². The van der Waals surface area contributed by atoms with Crippen LogP contribution in [0.25, 0.3) is 0 Å². The van der Waals surface area contributed by atoms with Crippen molar-refractivity contribution in [2.75, 3.05) is 26.2 Å². The van der Waals surface area contributed by atoms with Gasteiger partial charge in [-0.1, -0.05) is 6.92 Å². The van der Waals surface area contributed by atoms with Crippen LogP contribution in [0.2, 0.25) is 0 Å². The van der Waals surface area contributed by atoms with Crippen LogP contribution < -0.4 is 5.32 Å². The number of nitrogens with one attached hydrogen (secondary N) is 1. The van der Waals surface area contributed by atoms with Gasteiger partial charge in [-0.3, -0.25) is 0 Å². The number of hydrogen-bond acceptors (Lipinski definition) is 3. The molecule has 0 saturated carbocycles. The molecule has 3 heteroatoms. The van der Waals surface area contributed by atoms with Crippen LogP contribution in [-0.4, -0.2) is 31.1 Å². The quantitative estimate of drug-likeness (QED) is 0.797. The normalized spacial score (nSPS) is 19.7. The van der Waals surface area contributed by atoms with Crippen molar-refractivity contribution in [3.63, 3.8) is 0 Å². The number of likely N-dealkylation sites (tertiary alicyclic amines) is 1. The first-order valence-electron chi connectivity index (χ1n) is 7.66. The summed E-state index contributed by atoms with van der Waals surface area (Å²) in [4.78, 5) is 4.12. The molecule has 2 rings (SSSR count). The molecule has 1 aliphatic heterocycles. The third kappa shape index (κ3) is 4.59. The molecule has 108 valence electrons. The predicted octanol–water partition coefficient (Wildman–Crippen LogP) is 3.83. The van der Waals surface area contributed by atoms with Gasteiger partial charge < -0.3 is 10.2 Å². The zero-order chi connectivity index (χ0) is 13.7. The third-order valence-corrected chi connectivity index (χ3v) is 5.47. The maximum Gasteiger partial charge on any atom is 0.0388 e. The van der Waals surface area contributed by atoms with Crippen LogP contribution in [0.1, 0.15) is 49.6 Å². The summed E-state index contributed by atoms with van der Waals surface area (Å²) in [7, 11) is 0. The molecule has 1 atom stereocenters. The first-order chi connectivity index (χ1) is 9.16. The highest BCUT2D eigenvalue weighted by Crippen LogP contribution is 2.23. The topological polar surface area (TPSA) is 15.3 Å². The summed E-state index contributed by atoms with van der Waals surface area (Å²) in [6.45, 7) is 11.9. The van der Waals surface area contributed by atoms with E-state index in [4.69, 9.17) is 0 Å². The maximum absolute atomic E-state index is 3.66. The average Bonchev–Trinajstić information content (AvgIpc) is 2.83. The Morgan fingerprint density at radius 1 is 1.42 bits per heavy atom. The molecule has 19 heavy (non-hydrogen) atoms. The molecule has 2 heterocycles. The van der Waals surface area contributed by atoms with Crippen LogP contribution in [0.3, 0.4) is 0 Å². The third-order valence-electron chi connectivity index (χ3n) is 4.27. The minimum atomic E-state index is 0.501. The molecule has 0 bridgehead atoms. The lowest BCUT2D eigenvalue weighted by Crippen LogP contribution is -2.35. The van der Waals surface area contributed by atoms with E-state index in [1.54, 1.807) is 0 Å². The minimum absolute atomic E-state index is 0.501. The van der Waals surface area contributed by atoms with Crippen molar-refractivity contribution < 1.29 is 0 Å². The van der Waals surface area contributed by atoms with Crippen molar-refractivity contribution in [3.8, 4) is 0 Å². The summed E-state index contributed by atoms with van der Waals surface area (Å²) in [6.07, 6.45) is 4.04.